The van der Waals surface area contributed by atoms with Gasteiger partial charge in [-0.15, -0.1) is 0 Å². The molecule has 1 heterocycles. The Kier molecular flexibility index (Phi) is 4.24. The zero-order valence-electron chi connectivity index (χ0n) is 10.8. The summed E-state index contributed by atoms with van der Waals surface area (Å²) in [6, 6.07) is 8.65. The zero-order valence-corrected chi connectivity index (χ0v) is 11.5. The first kappa shape index (κ1) is 13.6. The number of rotatable bonds is 4. The minimum atomic E-state index is -0.401. The molecule has 0 aliphatic carbocycles. The smallest absolute Gasteiger partial charge is 0.124 e. The number of methoxy groups -OCH3 is 2. The van der Waals surface area contributed by atoms with E-state index in [4.69, 9.17) is 26.8 Å². The van der Waals surface area contributed by atoms with Crippen molar-refractivity contribution in [2.24, 2.45) is 5.73 Å². The van der Waals surface area contributed by atoms with Gasteiger partial charge in [-0.1, -0.05) is 11.6 Å². The molecule has 1 atom stereocenters. The van der Waals surface area contributed by atoms with Crippen LogP contribution in [-0.2, 0) is 0 Å². The third kappa shape index (κ3) is 2.97. The minimum Gasteiger partial charge on any atom is -0.497 e. The summed E-state index contributed by atoms with van der Waals surface area (Å²) in [6.07, 6.45) is 1.57. The van der Waals surface area contributed by atoms with E-state index in [0.29, 0.717) is 10.8 Å². The Morgan fingerprint density at radius 3 is 2.53 bits per heavy atom. The summed E-state index contributed by atoms with van der Waals surface area (Å²) in [7, 11) is 3.21. The Labute approximate surface area is 117 Å². The van der Waals surface area contributed by atoms with Gasteiger partial charge in [0.25, 0.3) is 0 Å². The van der Waals surface area contributed by atoms with Crippen LogP contribution in [0.25, 0.3) is 0 Å². The maximum atomic E-state index is 6.23. The van der Waals surface area contributed by atoms with E-state index in [-0.39, 0.29) is 0 Å². The van der Waals surface area contributed by atoms with Crippen LogP contribution in [0, 0.1) is 0 Å². The van der Waals surface area contributed by atoms with Gasteiger partial charge in [0.1, 0.15) is 11.5 Å². The lowest BCUT2D eigenvalue weighted by Crippen LogP contribution is -2.14. The number of hydrogen-bond acceptors (Lipinski definition) is 4. The largest absolute Gasteiger partial charge is 0.497 e. The lowest BCUT2D eigenvalue weighted by Gasteiger charge is -2.16. The van der Waals surface area contributed by atoms with Gasteiger partial charge in [-0.3, -0.25) is 4.98 Å². The van der Waals surface area contributed by atoms with Crippen molar-refractivity contribution in [3.8, 4) is 11.5 Å². The van der Waals surface area contributed by atoms with E-state index in [2.05, 4.69) is 4.98 Å². The van der Waals surface area contributed by atoms with Gasteiger partial charge in [-0.25, -0.2) is 0 Å². The van der Waals surface area contributed by atoms with Crippen LogP contribution in [0.1, 0.15) is 17.3 Å². The molecule has 0 saturated carbocycles. The van der Waals surface area contributed by atoms with Gasteiger partial charge in [-0.2, -0.15) is 0 Å². The van der Waals surface area contributed by atoms with Crippen LogP contribution in [0.5, 0.6) is 11.5 Å². The van der Waals surface area contributed by atoms with Gasteiger partial charge in [-0.05, 0) is 30.3 Å². The summed E-state index contributed by atoms with van der Waals surface area (Å²) in [4.78, 5) is 4.23. The summed E-state index contributed by atoms with van der Waals surface area (Å²) in [5.74, 6) is 1.42. The van der Waals surface area contributed by atoms with Crippen molar-refractivity contribution in [3.63, 3.8) is 0 Å². The molecular weight excluding hydrogens is 264 g/mol. The molecule has 4 nitrogen and oxygen atoms in total. The van der Waals surface area contributed by atoms with E-state index in [1.807, 2.05) is 18.2 Å². The number of nitrogens with zero attached hydrogens (tertiary/aromatic N) is 1. The van der Waals surface area contributed by atoms with E-state index in [1.165, 1.54) is 0 Å². The maximum Gasteiger partial charge on any atom is 0.124 e. The third-order valence-corrected chi connectivity index (χ3v) is 3.06. The van der Waals surface area contributed by atoms with E-state index in [0.717, 1.165) is 17.0 Å². The molecule has 0 saturated heterocycles. The lowest BCUT2D eigenvalue weighted by molar-refractivity contribution is 0.397. The number of benzene rings is 1. The van der Waals surface area contributed by atoms with Crippen LogP contribution in [0.3, 0.4) is 0 Å². The Morgan fingerprint density at radius 2 is 1.95 bits per heavy atom. The molecule has 2 aromatic rings. The molecule has 0 aliphatic rings. The minimum absolute atomic E-state index is 0.401. The number of nitrogens with two attached hydrogens (primary N) is 1. The monoisotopic (exact) mass is 278 g/mol. The standard InChI is InChI=1S/C14H15ClN2O2/c1-18-10-4-6-13(19-2)11(7-10)14(16)12-5-3-9(15)8-17-12/h3-8,14H,16H2,1-2H3. The van der Waals surface area contributed by atoms with Gasteiger partial charge in [0, 0.05) is 11.8 Å². The predicted octanol–water partition coefficient (Wildman–Crippen LogP) is 2.80. The fraction of sp³-hybridized carbons (Fsp3) is 0.214. The summed E-state index contributed by atoms with van der Waals surface area (Å²) >= 11 is 5.82. The highest BCUT2D eigenvalue weighted by Crippen LogP contribution is 2.31. The van der Waals surface area contributed by atoms with Crippen molar-refractivity contribution >= 4 is 11.6 Å². The number of pyridine rings is 1. The van der Waals surface area contributed by atoms with Gasteiger partial charge in [0.05, 0.1) is 31.0 Å². The number of aromatic nitrogens is 1. The first-order valence-corrected chi connectivity index (χ1v) is 6.12. The summed E-state index contributed by atoms with van der Waals surface area (Å²) in [5.41, 5.74) is 7.76. The lowest BCUT2D eigenvalue weighted by atomic mass is 10.0. The fourth-order valence-electron chi connectivity index (χ4n) is 1.81. The third-order valence-electron chi connectivity index (χ3n) is 2.84. The van der Waals surface area contributed by atoms with Gasteiger partial charge in [0.15, 0.2) is 0 Å². The molecule has 1 aromatic heterocycles. The van der Waals surface area contributed by atoms with Crippen LogP contribution < -0.4 is 15.2 Å². The Hall–Kier alpha value is -1.78. The summed E-state index contributed by atoms with van der Waals surface area (Å²) in [5, 5.41) is 0.577. The molecule has 5 heteroatoms. The van der Waals surface area contributed by atoms with Crippen molar-refractivity contribution in [1.82, 2.24) is 4.98 Å². The topological polar surface area (TPSA) is 57.4 Å². The van der Waals surface area contributed by atoms with Gasteiger partial charge in [0.2, 0.25) is 0 Å². The molecule has 100 valence electrons. The highest BCUT2D eigenvalue weighted by atomic mass is 35.5. The quantitative estimate of drug-likeness (QED) is 0.934. The van der Waals surface area contributed by atoms with Crippen LogP contribution in [0.15, 0.2) is 36.5 Å². The van der Waals surface area contributed by atoms with Gasteiger partial charge >= 0.3 is 0 Å². The number of ether oxygens (including phenoxy) is 2. The molecule has 2 N–H and O–H groups in total. The van der Waals surface area contributed by atoms with E-state index >= 15 is 0 Å². The van der Waals surface area contributed by atoms with Crippen molar-refractivity contribution in [2.75, 3.05) is 14.2 Å². The van der Waals surface area contributed by atoms with Crippen molar-refractivity contribution in [2.45, 2.75) is 6.04 Å². The zero-order chi connectivity index (χ0) is 13.8. The highest BCUT2D eigenvalue weighted by Gasteiger charge is 2.16. The van der Waals surface area contributed by atoms with Crippen molar-refractivity contribution < 1.29 is 9.47 Å². The predicted molar refractivity (Wildman–Crippen MR) is 74.8 cm³/mol. The van der Waals surface area contributed by atoms with Crippen LogP contribution in [0.4, 0.5) is 0 Å². The molecule has 0 aliphatic heterocycles. The van der Waals surface area contributed by atoms with E-state index in [1.54, 1.807) is 32.5 Å². The van der Waals surface area contributed by atoms with Crippen LogP contribution in [0.2, 0.25) is 5.02 Å². The summed E-state index contributed by atoms with van der Waals surface area (Å²) in [6.45, 7) is 0. The molecule has 0 bridgehead atoms. The molecule has 2 rings (SSSR count). The molecule has 1 unspecified atom stereocenters. The highest BCUT2D eigenvalue weighted by molar-refractivity contribution is 6.30. The molecule has 1 aromatic carbocycles. The summed E-state index contributed by atoms with van der Waals surface area (Å²) < 4.78 is 10.5. The maximum absolute atomic E-state index is 6.23. The SMILES string of the molecule is COc1ccc(OC)c(C(N)c2ccc(Cl)cn2)c1. The van der Waals surface area contributed by atoms with Crippen molar-refractivity contribution in [3.05, 3.63) is 52.8 Å². The molecular formula is C14H15ClN2O2. The molecule has 0 spiro atoms. The molecule has 0 radical (unpaired) electrons. The van der Waals surface area contributed by atoms with E-state index < -0.39 is 6.04 Å². The average Bonchev–Trinajstić information content (AvgIpc) is 2.46. The second-order valence-electron chi connectivity index (χ2n) is 3.99. The number of hydrogen-bond donors (Lipinski definition) is 1. The second kappa shape index (κ2) is 5.91. The molecule has 0 fully saturated rings. The van der Waals surface area contributed by atoms with E-state index in [9.17, 15) is 0 Å². The first-order chi connectivity index (χ1) is 9.15. The Morgan fingerprint density at radius 1 is 1.16 bits per heavy atom. The number of halogens is 1. The second-order valence-corrected chi connectivity index (χ2v) is 4.42. The molecule has 19 heavy (non-hydrogen) atoms. The fourth-order valence-corrected chi connectivity index (χ4v) is 1.92. The van der Waals surface area contributed by atoms with Crippen LogP contribution >= 0.6 is 11.6 Å². The van der Waals surface area contributed by atoms with Gasteiger partial charge < -0.3 is 15.2 Å². The Bertz CT molecular complexity index is 558. The molecule has 0 amide bonds. The normalized spacial score (nSPS) is 12.0. The first-order valence-electron chi connectivity index (χ1n) is 5.74. The van der Waals surface area contributed by atoms with Crippen LogP contribution in [-0.4, -0.2) is 19.2 Å². The van der Waals surface area contributed by atoms with Crippen molar-refractivity contribution in [1.29, 1.82) is 0 Å². The Balaban J connectivity index is 2.41. The average molecular weight is 279 g/mol.